The Morgan fingerprint density at radius 1 is 1.26 bits per heavy atom. The fraction of sp³-hybridized carbons (Fsp3) is 0.333. The van der Waals surface area contributed by atoms with E-state index >= 15 is 0 Å². The van der Waals surface area contributed by atoms with E-state index in [-0.39, 0.29) is 12.6 Å². The van der Waals surface area contributed by atoms with Gasteiger partial charge in [0.25, 0.3) is 0 Å². The number of benzene rings is 1. The second-order valence-corrected chi connectivity index (χ2v) is 3.62. The summed E-state index contributed by atoms with van der Waals surface area (Å²) < 4.78 is 5.45. The molecule has 0 saturated carbocycles. The maximum Gasteiger partial charge on any atom is 0.319 e. The first-order valence-corrected chi connectivity index (χ1v) is 5.93. The number of rotatable bonds is 6. The van der Waals surface area contributed by atoms with Crippen molar-refractivity contribution in [2.75, 3.05) is 25.0 Å². The van der Waals surface area contributed by atoms with E-state index in [1.165, 1.54) is 0 Å². The van der Waals surface area contributed by atoms with Gasteiger partial charge in [-0.2, -0.15) is 0 Å². The van der Waals surface area contributed by atoms with E-state index in [1.807, 2.05) is 6.92 Å². The summed E-state index contributed by atoms with van der Waals surface area (Å²) >= 11 is 0. The molecule has 0 spiro atoms. The number of carbonyl (C=O) groups is 2. The SMILES string of the molecule is CCNC(=O)Nc1ccccc1OCCNC(N)=O. The van der Waals surface area contributed by atoms with Crippen molar-refractivity contribution < 1.29 is 14.3 Å². The molecule has 0 aliphatic rings. The normalized spacial score (nSPS) is 9.53. The number of nitrogens with one attached hydrogen (secondary N) is 3. The molecule has 1 rings (SSSR count). The summed E-state index contributed by atoms with van der Waals surface area (Å²) in [5.74, 6) is 0.528. The van der Waals surface area contributed by atoms with Gasteiger partial charge in [0.05, 0.1) is 12.2 Å². The number of amides is 4. The molecule has 7 nitrogen and oxygen atoms in total. The molecule has 0 bridgehead atoms. The molecule has 1 aromatic rings. The average Bonchev–Trinajstić information content (AvgIpc) is 2.36. The van der Waals surface area contributed by atoms with Crippen molar-refractivity contribution in [3.8, 4) is 5.75 Å². The summed E-state index contributed by atoms with van der Waals surface area (Å²) in [4.78, 5) is 21.9. The second kappa shape index (κ2) is 7.80. The van der Waals surface area contributed by atoms with Crippen LogP contribution in [0.15, 0.2) is 24.3 Å². The molecule has 0 fully saturated rings. The molecule has 0 heterocycles. The maximum absolute atomic E-state index is 11.4. The molecule has 0 aliphatic carbocycles. The van der Waals surface area contributed by atoms with Gasteiger partial charge in [0.1, 0.15) is 12.4 Å². The Bertz CT molecular complexity index is 437. The number of anilines is 1. The van der Waals surface area contributed by atoms with Gasteiger partial charge in [-0.1, -0.05) is 12.1 Å². The van der Waals surface area contributed by atoms with E-state index in [4.69, 9.17) is 10.5 Å². The summed E-state index contributed by atoms with van der Waals surface area (Å²) in [6.45, 7) is 2.93. The first kappa shape index (κ1) is 14.6. The number of hydrogen-bond donors (Lipinski definition) is 4. The summed E-state index contributed by atoms with van der Waals surface area (Å²) in [6.07, 6.45) is 0. The lowest BCUT2D eigenvalue weighted by Crippen LogP contribution is -2.32. The summed E-state index contributed by atoms with van der Waals surface area (Å²) in [5, 5.41) is 7.71. The van der Waals surface area contributed by atoms with E-state index in [9.17, 15) is 9.59 Å². The lowest BCUT2D eigenvalue weighted by Gasteiger charge is -2.12. The van der Waals surface area contributed by atoms with E-state index in [0.29, 0.717) is 24.5 Å². The Kier molecular flexibility index (Phi) is 6.00. The first-order chi connectivity index (χ1) is 9.13. The van der Waals surface area contributed by atoms with Crippen molar-refractivity contribution in [1.29, 1.82) is 0 Å². The molecule has 0 unspecified atom stereocenters. The average molecular weight is 266 g/mol. The van der Waals surface area contributed by atoms with Gasteiger partial charge < -0.3 is 26.4 Å². The highest BCUT2D eigenvalue weighted by molar-refractivity contribution is 5.90. The van der Waals surface area contributed by atoms with Crippen molar-refractivity contribution >= 4 is 17.7 Å². The van der Waals surface area contributed by atoms with Crippen LogP contribution in [0.3, 0.4) is 0 Å². The third kappa shape index (κ3) is 5.62. The number of carbonyl (C=O) groups excluding carboxylic acids is 2. The highest BCUT2D eigenvalue weighted by atomic mass is 16.5. The van der Waals surface area contributed by atoms with E-state index in [2.05, 4.69) is 16.0 Å². The Balaban J connectivity index is 2.52. The number of primary amides is 1. The topological polar surface area (TPSA) is 105 Å². The molecule has 0 saturated heterocycles. The zero-order chi connectivity index (χ0) is 14.1. The third-order valence-electron chi connectivity index (χ3n) is 2.13. The van der Waals surface area contributed by atoms with Gasteiger partial charge >= 0.3 is 12.1 Å². The number of para-hydroxylation sites is 2. The van der Waals surface area contributed by atoms with Crippen LogP contribution in [0.25, 0.3) is 0 Å². The number of ether oxygens (including phenoxy) is 1. The van der Waals surface area contributed by atoms with Crippen molar-refractivity contribution in [2.45, 2.75) is 6.92 Å². The molecule has 0 radical (unpaired) electrons. The molecular formula is C12H18N4O3. The molecular weight excluding hydrogens is 248 g/mol. The number of nitrogens with two attached hydrogens (primary N) is 1. The number of urea groups is 2. The maximum atomic E-state index is 11.4. The van der Waals surface area contributed by atoms with Crippen LogP contribution in [-0.4, -0.2) is 31.8 Å². The largest absolute Gasteiger partial charge is 0.490 e. The number of hydrogen-bond acceptors (Lipinski definition) is 3. The van der Waals surface area contributed by atoms with Crippen LogP contribution in [0.4, 0.5) is 15.3 Å². The van der Waals surface area contributed by atoms with Gasteiger partial charge in [-0.05, 0) is 19.1 Å². The highest BCUT2D eigenvalue weighted by Gasteiger charge is 2.06. The second-order valence-electron chi connectivity index (χ2n) is 3.62. The Hall–Kier alpha value is -2.44. The molecule has 5 N–H and O–H groups in total. The molecule has 4 amide bonds. The van der Waals surface area contributed by atoms with Gasteiger partial charge in [-0.15, -0.1) is 0 Å². The Labute approximate surface area is 111 Å². The minimum Gasteiger partial charge on any atom is -0.490 e. The molecule has 0 aliphatic heterocycles. The lowest BCUT2D eigenvalue weighted by atomic mass is 10.3. The minimum atomic E-state index is -0.600. The molecule has 0 aromatic heterocycles. The van der Waals surface area contributed by atoms with Crippen LogP contribution >= 0.6 is 0 Å². The minimum absolute atomic E-state index is 0.261. The van der Waals surface area contributed by atoms with Crippen LogP contribution in [0, 0.1) is 0 Å². The Morgan fingerprint density at radius 2 is 2.00 bits per heavy atom. The van der Waals surface area contributed by atoms with Crippen molar-refractivity contribution in [2.24, 2.45) is 5.73 Å². The monoisotopic (exact) mass is 266 g/mol. The van der Waals surface area contributed by atoms with E-state index < -0.39 is 6.03 Å². The van der Waals surface area contributed by atoms with Gasteiger partial charge in [-0.25, -0.2) is 9.59 Å². The molecule has 19 heavy (non-hydrogen) atoms. The van der Waals surface area contributed by atoms with Crippen LogP contribution in [-0.2, 0) is 0 Å². The van der Waals surface area contributed by atoms with E-state index in [1.54, 1.807) is 24.3 Å². The smallest absolute Gasteiger partial charge is 0.319 e. The van der Waals surface area contributed by atoms with Crippen LogP contribution in [0.2, 0.25) is 0 Å². The molecule has 0 atom stereocenters. The fourth-order valence-corrected chi connectivity index (χ4v) is 1.36. The molecule has 1 aromatic carbocycles. The summed E-state index contributed by atoms with van der Waals surface area (Å²) in [6, 6.07) is 6.14. The summed E-state index contributed by atoms with van der Waals surface area (Å²) in [5.41, 5.74) is 5.49. The quantitative estimate of drug-likeness (QED) is 0.574. The van der Waals surface area contributed by atoms with Gasteiger partial charge in [0, 0.05) is 6.54 Å². The van der Waals surface area contributed by atoms with Crippen molar-refractivity contribution in [1.82, 2.24) is 10.6 Å². The van der Waals surface area contributed by atoms with Crippen LogP contribution in [0.1, 0.15) is 6.92 Å². The lowest BCUT2D eigenvalue weighted by molar-refractivity contribution is 0.244. The zero-order valence-electron chi connectivity index (χ0n) is 10.7. The first-order valence-electron chi connectivity index (χ1n) is 5.93. The summed E-state index contributed by atoms with van der Waals surface area (Å²) in [7, 11) is 0. The third-order valence-corrected chi connectivity index (χ3v) is 2.13. The fourth-order valence-electron chi connectivity index (χ4n) is 1.36. The van der Waals surface area contributed by atoms with Crippen molar-refractivity contribution in [3.05, 3.63) is 24.3 Å². The van der Waals surface area contributed by atoms with E-state index in [0.717, 1.165) is 0 Å². The molecule has 7 heteroatoms. The standard InChI is InChI=1S/C12H18N4O3/c1-2-14-12(18)16-9-5-3-4-6-10(9)19-8-7-15-11(13)17/h3-6H,2,7-8H2,1H3,(H3,13,15,17)(H2,14,16,18). The van der Waals surface area contributed by atoms with Gasteiger partial charge in [0.2, 0.25) is 0 Å². The predicted octanol–water partition coefficient (Wildman–Crippen LogP) is 0.875. The molecule has 104 valence electrons. The highest BCUT2D eigenvalue weighted by Crippen LogP contribution is 2.23. The van der Waals surface area contributed by atoms with Crippen LogP contribution < -0.4 is 26.4 Å². The van der Waals surface area contributed by atoms with Crippen molar-refractivity contribution in [3.63, 3.8) is 0 Å². The predicted molar refractivity (Wildman–Crippen MR) is 72.2 cm³/mol. The van der Waals surface area contributed by atoms with Gasteiger partial charge in [-0.3, -0.25) is 0 Å². The Morgan fingerprint density at radius 3 is 2.68 bits per heavy atom. The van der Waals surface area contributed by atoms with Crippen LogP contribution in [0.5, 0.6) is 5.75 Å². The van der Waals surface area contributed by atoms with Gasteiger partial charge in [0.15, 0.2) is 0 Å². The zero-order valence-corrected chi connectivity index (χ0v) is 10.7.